The summed E-state index contributed by atoms with van der Waals surface area (Å²) in [7, 11) is 1.44. The van der Waals surface area contributed by atoms with E-state index >= 15 is 0 Å². The summed E-state index contributed by atoms with van der Waals surface area (Å²) in [6.07, 6.45) is 1.45. The molecule has 0 unspecified atom stereocenters. The maximum absolute atomic E-state index is 11.9. The molecule has 5 heteroatoms. The Bertz CT molecular complexity index is 419. The van der Waals surface area contributed by atoms with Crippen LogP contribution in [0.15, 0.2) is 16.7 Å². The van der Waals surface area contributed by atoms with Crippen molar-refractivity contribution in [3.63, 3.8) is 0 Å². The lowest BCUT2D eigenvalue weighted by atomic mass is 10.0. The molecule has 5 nitrogen and oxygen atoms in total. The average Bonchev–Trinajstić information content (AvgIpc) is 2.62. The van der Waals surface area contributed by atoms with Crippen LogP contribution in [0.2, 0.25) is 0 Å². The first-order chi connectivity index (χ1) is 7.26. The van der Waals surface area contributed by atoms with Gasteiger partial charge >= 0.3 is 5.97 Å². The van der Waals surface area contributed by atoms with Crippen molar-refractivity contribution in [3.05, 3.63) is 23.7 Å². The van der Waals surface area contributed by atoms with E-state index in [4.69, 9.17) is 9.52 Å². The van der Waals surface area contributed by atoms with Crippen molar-refractivity contribution in [1.29, 1.82) is 0 Å². The van der Waals surface area contributed by atoms with Gasteiger partial charge in [0.2, 0.25) is 0 Å². The van der Waals surface area contributed by atoms with Gasteiger partial charge in [-0.1, -0.05) is 0 Å². The van der Waals surface area contributed by atoms with E-state index in [0.29, 0.717) is 0 Å². The molecule has 0 saturated heterocycles. The van der Waals surface area contributed by atoms with Gasteiger partial charge in [0.15, 0.2) is 5.76 Å². The van der Waals surface area contributed by atoms with Gasteiger partial charge in [-0.15, -0.1) is 0 Å². The number of carbonyl (C=O) groups is 2. The molecular formula is C11H15NO4. The number of carbonyl (C=O) groups excluding carboxylic acids is 1. The Kier molecular flexibility index (Phi) is 3.07. The number of carboxylic acids is 1. The summed E-state index contributed by atoms with van der Waals surface area (Å²) in [4.78, 5) is 24.0. The Morgan fingerprint density at radius 3 is 2.38 bits per heavy atom. The third-order valence-electron chi connectivity index (χ3n) is 2.61. The van der Waals surface area contributed by atoms with E-state index in [1.807, 2.05) is 0 Å². The lowest BCUT2D eigenvalue weighted by molar-refractivity contribution is -0.147. The summed E-state index contributed by atoms with van der Waals surface area (Å²) in [5.74, 6) is -1.36. The molecule has 0 aromatic carbocycles. The number of carboxylic acid groups (broad SMARTS) is 1. The summed E-state index contributed by atoms with van der Waals surface area (Å²) >= 11 is 0. The topological polar surface area (TPSA) is 70.8 Å². The van der Waals surface area contributed by atoms with E-state index < -0.39 is 17.4 Å². The summed E-state index contributed by atoms with van der Waals surface area (Å²) in [6, 6.07) is 1.58. The van der Waals surface area contributed by atoms with Gasteiger partial charge in [-0.2, -0.15) is 0 Å². The first kappa shape index (κ1) is 12.3. The molecule has 1 rings (SSSR count). The number of likely N-dealkylation sites (N-methyl/N-ethyl adjacent to an activating group) is 1. The molecule has 0 fully saturated rings. The number of nitrogens with zero attached hydrogens (tertiary/aromatic N) is 1. The van der Waals surface area contributed by atoms with Crippen LogP contribution in [0, 0.1) is 6.92 Å². The highest BCUT2D eigenvalue weighted by molar-refractivity contribution is 5.95. The van der Waals surface area contributed by atoms with Gasteiger partial charge in [-0.3, -0.25) is 4.79 Å². The first-order valence-electron chi connectivity index (χ1n) is 4.83. The second-order valence-electron chi connectivity index (χ2n) is 4.22. The molecule has 1 amide bonds. The van der Waals surface area contributed by atoms with Crippen molar-refractivity contribution < 1.29 is 19.1 Å². The number of rotatable bonds is 3. The summed E-state index contributed by atoms with van der Waals surface area (Å²) in [5, 5.41) is 8.99. The fourth-order valence-corrected chi connectivity index (χ4v) is 1.11. The smallest absolute Gasteiger partial charge is 0.329 e. The zero-order valence-electron chi connectivity index (χ0n) is 9.77. The van der Waals surface area contributed by atoms with Crippen LogP contribution in [-0.2, 0) is 4.79 Å². The Labute approximate surface area is 93.7 Å². The zero-order chi connectivity index (χ0) is 12.5. The molecular weight excluding hydrogens is 210 g/mol. The van der Waals surface area contributed by atoms with Crippen molar-refractivity contribution in [2.75, 3.05) is 7.05 Å². The molecule has 0 bridgehead atoms. The molecule has 0 aliphatic heterocycles. The predicted molar refractivity (Wildman–Crippen MR) is 57.3 cm³/mol. The lowest BCUT2D eigenvalue weighted by Gasteiger charge is -2.30. The zero-order valence-corrected chi connectivity index (χ0v) is 9.77. The number of amides is 1. The fourth-order valence-electron chi connectivity index (χ4n) is 1.11. The van der Waals surface area contributed by atoms with Crippen LogP contribution in [0.25, 0.3) is 0 Å². The third kappa shape index (κ3) is 2.08. The molecule has 0 aliphatic rings. The van der Waals surface area contributed by atoms with Gasteiger partial charge in [-0.05, 0) is 32.4 Å². The average molecular weight is 225 g/mol. The fraction of sp³-hybridized carbons (Fsp3) is 0.455. The van der Waals surface area contributed by atoms with Crippen molar-refractivity contribution in [2.45, 2.75) is 26.3 Å². The van der Waals surface area contributed by atoms with Gasteiger partial charge < -0.3 is 14.4 Å². The molecule has 0 aliphatic carbocycles. The minimum absolute atomic E-state index is 0.148. The number of aliphatic carboxylic acids is 1. The summed E-state index contributed by atoms with van der Waals surface area (Å²) in [5.41, 5.74) is -0.442. The number of hydrogen-bond donors (Lipinski definition) is 1. The second kappa shape index (κ2) is 4.00. The van der Waals surface area contributed by atoms with Crippen molar-refractivity contribution >= 4 is 11.9 Å². The molecule has 0 radical (unpaired) electrons. The molecule has 0 spiro atoms. The van der Waals surface area contributed by atoms with E-state index in [2.05, 4.69) is 0 Å². The lowest BCUT2D eigenvalue weighted by Crippen LogP contribution is -2.50. The van der Waals surface area contributed by atoms with Gasteiger partial charge in [0, 0.05) is 7.05 Å². The molecule has 0 saturated carbocycles. The number of furan rings is 1. The maximum atomic E-state index is 11.9. The Balaban J connectivity index is 2.95. The van der Waals surface area contributed by atoms with E-state index in [1.54, 1.807) is 13.0 Å². The van der Waals surface area contributed by atoms with E-state index in [9.17, 15) is 9.59 Å². The minimum Gasteiger partial charge on any atom is -0.480 e. The van der Waals surface area contributed by atoms with Gasteiger partial charge in [0.05, 0.1) is 6.26 Å². The maximum Gasteiger partial charge on any atom is 0.329 e. The van der Waals surface area contributed by atoms with Crippen molar-refractivity contribution in [1.82, 2.24) is 4.90 Å². The Morgan fingerprint density at radius 1 is 1.44 bits per heavy atom. The second-order valence-corrected chi connectivity index (χ2v) is 4.22. The van der Waals surface area contributed by atoms with Crippen molar-refractivity contribution in [3.8, 4) is 0 Å². The van der Waals surface area contributed by atoms with Gasteiger partial charge in [0.25, 0.3) is 5.91 Å². The van der Waals surface area contributed by atoms with Gasteiger partial charge in [0.1, 0.15) is 5.54 Å². The monoisotopic (exact) mass is 225 g/mol. The first-order valence-corrected chi connectivity index (χ1v) is 4.83. The highest BCUT2D eigenvalue weighted by Crippen LogP contribution is 2.17. The van der Waals surface area contributed by atoms with E-state index in [1.165, 1.54) is 27.2 Å². The standard InChI is InChI=1S/C11H15NO4/c1-7-5-8(16-6-7)9(13)12(4)11(2,3)10(14)15/h5-6H,1-4H3,(H,14,15). The van der Waals surface area contributed by atoms with Crippen LogP contribution in [0.5, 0.6) is 0 Å². The predicted octanol–water partition coefficient (Wildman–Crippen LogP) is 1.52. The molecule has 1 N–H and O–H groups in total. The van der Waals surface area contributed by atoms with E-state index in [-0.39, 0.29) is 5.76 Å². The Hall–Kier alpha value is -1.78. The quantitative estimate of drug-likeness (QED) is 0.846. The minimum atomic E-state index is -1.27. The molecule has 1 aromatic rings. The summed E-state index contributed by atoms with van der Waals surface area (Å²) in [6.45, 7) is 4.72. The van der Waals surface area contributed by atoms with E-state index in [0.717, 1.165) is 10.5 Å². The normalized spacial score (nSPS) is 11.2. The molecule has 88 valence electrons. The van der Waals surface area contributed by atoms with Crippen LogP contribution in [0.4, 0.5) is 0 Å². The van der Waals surface area contributed by atoms with Crippen LogP contribution >= 0.6 is 0 Å². The molecule has 1 aromatic heterocycles. The van der Waals surface area contributed by atoms with Crippen molar-refractivity contribution in [2.24, 2.45) is 0 Å². The molecule has 1 heterocycles. The summed E-state index contributed by atoms with van der Waals surface area (Å²) < 4.78 is 5.04. The molecule has 16 heavy (non-hydrogen) atoms. The Morgan fingerprint density at radius 2 is 2.00 bits per heavy atom. The van der Waals surface area contributed by atoms with Crippen LogP contribution in [-0.4, -0.2) is 34.5 Å². The third-order valence-corrected chi connectivity index (χ3v) is 2.61. The highest BCUT2D eigenvalue weighted by Gasteiger charge is 2.36. The number of hydrogen-bond acceptors (Lipinski definition) is 3. The van der Waals surface area contributed by atoms with Crippen LogP contribution < -0.4 is 0 Å². The SMILES string of the molecule is Cc1coc(C(=O)N(C)C(C)(C)C(=O)O)c1. The highest BCUT2D eigenvalue weighted by atomic mass is 16.4. The van der Waals surface area contributed by atoms with Gasteiger partial charge in [-0.25, -0.2) is 4.79 Å². The molecule has 0 atom stereocenters. The van der Waals surface area contributed by atoms with Crippen LogP contribution in [0.1, 0.15) is 30.0 Å². The number of aryl methyl sites for hydroxylation is 1. The largest absolute Gasteiger partial charge is 0.480 e. The van der Waals surface area contributed by atoms with Crippen LogP contribution in [0.3, 0.4) is 0 Å².